The molecule has 0 radical (unpaired) electrons. The molecule has 0 bridgehead atoms. The van der Waals surface area contributed by atoms with Crippen molar-refractivity contribution < 1.29 is 18.3 Å². The summed E-state index contributed by atoms with van der Waals surface area (Å²) in [6.07, 6.45) is 0. The first kappa shape index (κ1) is 13.8. The maximum atomic E-state index is 12.1. The van der Waals surface area contributed by atoms with Crippen molar-refractivity contribution >= 4 is 17.3 Å². The smallest absolute Gasteiger partial charge is 0.387 e. The summed E-state index contributed by atoms with van der Waals surface area (Å²) in [5.41, 5.74) is 6.86. The minimum atomic E-state index is -2.90. The van der Waals surface area contributed by atoms with Crippen molar-refractivity contribution in [2.75, 3.05) is 11.1 Å². The molecule has 2 aromatic carbocycles. The zero-order valence-corrected chi connectivity index (χ0v) is 10.3. The third-order valence-corrected chi connectivity index (χ3v) is 2.49. The van der Waals surface area contributed by atoms with E-state index in [2.05, 4.69) is 10.1 Å². The van der Waals surface area contributed by atoms with Gasteiger partial charge in [-0.1, -0.05) is 6.07 Å². The number of carbonyl (C=O) groups is 1. The first-order chi connectivity index (χ1) is 9.54. The molecular weight excluding hydrogens is 266 g/mol. The molecule has 0 unspecified atom stereocenters. The van der Waals surface area contributed by atoms with Crippen LogP contribution in [0.4, 0.5) is 20.2 Å². The van der Waals surface area contributed by atoms with Gasteiger partial charge in [0, 0.05) is 23.0 Å². The average Bonchev–Trinajstić information content (AvgIpc) is 2.39. The van der Waals surface area contributed by atoms with Crippen LogP contribution in [0.3, 0.4) is 0 Å². The summed E-state index contributed by atoms with van der Waals surface area (Å²) in [7, 11) is 0. The Bertz CT molecular complexity index is 600. The maximum Gasteiger partial charge on any atom is 0.387 e. The fourth-order valence-corrected chi connectivity index (χ4v) is 1.59. The van der Waals surface area contributed by atoms with Crippen molar-refractivity contribution in [3.05, 3.63) is 54.1 Å². The van der Waals surface area contributed by atoms with E-state index in [0.29, 0.717) is 16.9 Å². The first-order valence-corrected chi connectivity index (χ1v) is 5.76. The average molecular weight is 278 g/mol. The van der Waals surface area contributed by atoms with E-state index < -0.39 is 6.61 Å². The molecule has 0 heterocycles. The highest BCUT2D eigenvalue weighted by Crippen LogP contribution is 2.20. The molecule has 0 spiro atoms. The molecule has 20 heavy (non-hydrogen) atoms. The summed E-state index contributed by atoms with van der Waals surface area (Å²) in [5, 5.41) is 2.59. The second kappa shape index (κ2) is 6.01. The molecule has 6 heteroatoms. The van der Waals surface area contributed by atoms with Crippen LogP contribution in [0.5, 0.6) is 5.75 Å². The Labute approximate surface area is 114 Å². The summed E-state index contributed by atoms with van der Waals surface area (Å²) in [5.74, 6) is -0.380. The van der Waals surface area contributed by atoms with Gasteiger partial charge in [-0.05, 0) is 36.4 Å². The molecule has 1 amide bonds. The predicted molar refractivity (Wildman–Crippen MR) is 71.9 cm³/mol. The normalized spacial score (nSPS) is 10.3. The summed E-state index contributed by atoms with van der Waals surface area (Å²) in [6.45, 7) is -2.90. The number of nitrogen functional groups attached to an aromatic ring is 1. The molecule has 0 aliphatic carbocycles. The van der Waals surface area contributed by atoms with Crippen LogP contribution < -0.4 is 15.8 Å². The number of hydrogen-bond donors (Lipinski definition) is 2. The Kier molecular flexibility index (Phi) is 4.14. The van der Waals surface area contributed by atoms with Gasteiger partial charge in [0.15, 0.2) is 0 Å². The second-order valence-corrected chi connectivity index (χ2v) is 3.98. The zero-order chi connectivity index (χ0) is 14.5. The molecule has 4 nitrogen and oxygen atoms in total. The van der Waals surface area contributed by atoms with Gasteiger partial charge in [-0.2, -0.15) is 8.78 Å². The topological polar surface area (TPSA) is 64.4 Å². The minimum Gasteiger partial charge on any atom is -0.435 e. The number of nitrogens with two attached hydrogens (primary N) is 1. The monoisotopic (exact) mass is 278 g/mol. The molecular formula is C14H12F2N2O2. The number of halogens is 2. The Morgan fingerprint density at radius 1 is 1.15 bits per heavy atom. The Hall–Kier alpha value is -2.63. The van der Waals surface area contributed by atoms with E-state index in [4.69, 9.17) is 5.73 Å². The van der Waals surface area contributed by atoms with Crippen molar-refractivity contribution in [1.82, 2.24) is 0 Å². The molecule has 0 atom stereocenters. The van der Waals surface area contributed by atoms with Crippen LogP contribution in [0.2, 0.25) is 0 Å². The molecule has 0 aliphatic heterocycles. The van der Waals surface area contributed by atoms with E-state index in [1.165, 1.54) is 18.2 Å². The van der Waals surface area contributed by atoms with Gasteiger partial charge in [-0.25, -0.2) is 0 Å². The molecule has 0 saturated heterocycles. The van der Waals surface area contributed by atoms with E-state index in [9.17, 15) is 13.6 Å². The molecule has 2 aromatic rings. The van der Waals surface area contributed by atoms with Gasteiger partial charge in [0.05, 0.1) is 0 Å². The minimum absolute atomic E-state index is 0.0184. The van der Waals surface area contributed by atoms with Crippen LogP contribution in [0, 0.1) is 0 Å². The standard InChI is InChI=1S/C14H12F2N2O2/c15-14(16)20-12-3-1-2-11(8-12)18-13(19)9-4-6-10(17)7-5-9/h1-8,14H,17H2,(H,18,19). The molecule has 0 aliphatic rings. The predicted octanol–water partition coefficient (Wildman–Crippen LogP) is 3.12. The zero-order valence-electron chi connectivity index (χ0n) is 10.3. The molecule has 3 N–H and O–H groups in total. The summed E-state index contributed by atoms with van der Waals surface area (Å²) in [4.78, 5) is 11.9. The molecule has 2 rings (SSSR count). The van der Waals surface area contributed by atoms with Crippen LogP contribution in [0.25, 0.3) is 0 Å². The Morgan fingerprint density at radius 2 is 1.85 bits per heavy atom. The van der Waals surface area contributed by atoms with Crippen LogP contribution in [-0.2, 0) is 0 Å². The third kappa shape index (κ3) is 3.68. The summed E-state index contributed by atoms with van der Waals surface area (Å²) in [6, 6.07) is 12.1. The number of carbonyl (C=O) groups excluding carboxylic acids is 1. The fraction of sp³-hybridized carbons (Fsp3) is 0.0714. The fourth-order valence-electron chi connectivity index (χ4n) is 1.59. The molecule has 0 saturated carbocycles. The number of rotatable bonds is 4. The lowest BCUT2D eigenvalue weighted by atomic mass is 10.2. The maximum absolute atomic E-state index is 12.1. The lowest BCUT2D eigenvalue weighted by Crippen LogP contribution is -2.12. The Balaban J connectivity index is 2.09. The number of anilines is 2. The summed E-state index contributed by atoms with van der Waals surface area (Å²) >= 11 is 0. The van der Waals surface area contributed by atoms with E-state index in [0.717, 1.165) is 0 Å². The van der Waals surface area contributed by atoms with Gasteiger partial charge >= 0.3 is 6.61 Å². The number of nitrogens with one attached hydrogen (secondary N) is 1. The van der Waals surface area contributed by atoms with Gasteiger partial charge in [0.1, 0.15) is 5.75 Å². The highest BCUT2D eigenvalue weighted by atomic mass is 19.3. The molecule has 0 fully saturated rings. The van der Waals surface area contributed by atoms with Gasteiger partial charge in [-0.15, -0.1) is 0 Å². The van der Waals surface area contributed by atoms with Crippen molar-refractivity contribution in [1.29, 1.82) is 0 Å². The van der Waals surface area contributed by atoms with E-state index >= 15 is 0 Å². The van der Waals surface area contributed by atoms with E-state index in [1.54, 1.807) is 30.3 Å². The highest BCUT2D eigenvalue weighted by molar-refractivity contribution is 6.04. The summed E-state index contributed by atoms with van der Waals surface area (Å²) < 4.78 is 28.4. The van der Waals surface area contributed by atoms with Crippen LogP contribution >= 0.6 is 0 Å². The van der Waals surface area contributed by atoms with Crippen LogP contribution in [-0.4, -0.2) is 12.5 Å². The quantitative estimate of drug-likeness (QED) is 0.844. The third-order valence-electron chi connectivity index (χ3n) is 2.49. The molecule has 0 aromatic heterocycles. The van der Waals surface area contributed by atoms with Gasteiger partial charge in [-0.3, -0.25) is 4.79 Å². The van der Waals surface area contributed by atoms with Crippen LogP contribution in [0.1, 0.15) is 10.4 Å². The number of amides is 1. The number of hydrogen-bond acceptors (Lipinski definition) is 3. The van der Waals surface area contributed by atoms with Gasteiger partial charge < -0.3 is 15.8 Å². The van der Waals surface area contributed by atoms with Crippen LogP contribution in [0.15, 0.2) is 48.5 Å². The SMILES string of the molecule is Nc1ccc(C(=O)Nc2cccc(OC(F)F)c2)cc1. The second-order valence-electron chi connectivity index (χ2n) is 3.98. The number of alkyl halides is 2. The Morgan fingerprint density at radius 3 is 2.50 bits per heavy atom. The van der Waals surface area contributed by atoms with E-state index in [-0.39, 0.29) is 11.7 Å². The van der Waals surface area contributed by atoms with Gasteiger partial charge in [0.25, 0.3) is 5.91 Å². The lowest BCUT2D eigenvalue weighted by molar-refractivity contribution is -0.0497. The first-order valence-electron chi connectivity index (χ1n) is 5.76. The molecule has 104 valence electrons. The largest absolute Gasteiger partial charge is 0.435 e. The van der Waals surface area contributed by atoms with Crippen molar-refractivity contribution in [3.63, 3.8) is 0 Å². The van der Waals surface area contributed by atoms with E-state index in [1.807, 2.05) is 0 Å². The highest BCUT2D eigenvalue weighted by Gasteiger charge is 2.08. The van der Waals surface area contributed by atoms with Crippen molar-refractivity contribution in [2.45, 2.75) is 6.61 Å². The van der Waals surface area contributed by atoms with Gasteiger partial charge in [0.2, 0.25) is 0 Å². The number of ether oxygens (including phenoxy) is 1. The lowest BCUT2D eigenvalue weighted by Gasteiger charge is -2.08. The van der Waals surface area contributed by atoms with Crippen molar-refractivity contribution in [3.8, 4) is 5.75 Å². The van der Waals surface area contributed by atoms with Crippen molar-refractivity contribution in [2.24, 2.45) is 0 Å². The number of benzene rings is 2.